The van der Waals surface area contributed by atoms with Crippen molar-refractivity contribution in [3.63, 3.8) is 0 Å². The molecule has 3 nitrogen and oxygen atoms in total. The Morgan fingerprint density at radius 3 is 1.65 bits per heavy atom. The molecule has 0 aliphatic heterocycles. The zero-order valence-corrected chi connectivity index (χ0v) is 11.9. The molecule has 0 N–H and O–H groups in total. The lowest BCUT2D eigenvalue weighted by Crippen LogP contribution is -2.10. The van der Waals surface area contributed by atoms with Crippen LogP contribution in [0.25, 0.3) is 0 Å². The summed E-state index contributed by atoms with van der Waals surface area (Å²) < 4.78 is 16.2. The van der Waals surface area contributed by atoms with Crippen LogP contribution in [0.4, 0.5) is 0 Å². The van der Waals surface area contributed by atoms with Gasteiger partial charge in [0.25, 0.3) is 0 Å². The van der Waals surface area contributed by atoms with Crippen LogP contribution in [0, 0.1) is 5.92 Å². The molecule has 0 spiro atoms. The van der Waals surface area contributed by atoms with Crippen LogP contribution >= 0.6 is 0 Å². The van der Waals surface area contributed by atoms with Crippen molar-refractivity contribution in [1.29, 1.82) is 0 Å². The molecule has 0 fully saturated rings. The number of hydrogen-bond acceptors (Lipinski definition) is 3. The average molecular weight is 246 g/mol. The summed E-state index contributed by atoms with van der Waals surface area (Å²) in [5, 5.41) is 0. The van der Waals surface area contributed by atoms with Gasteiger partial charge in [0.15, 0.2) is 0 Å². The molecule has 0 unspecified atom stereocenters. The van der Waals surface area contributed by atoms with Crippen molar-refractivity contribution in [3.05, 3.63) is 0 Å². The van der Waals surface area contributed by atoms with Gasteiger partial charge in [-0.2, -0.15) is 0 Å². The molecule has 0 amide bonds. The summed E-state index contributed by atoms with van der Waals surface area (Å²) >= 11 is 0. The van der Waals surface area contributed by atoms with Crippen LogP contribution in [0.5, 0.6) is 0 Å². The summed E-state index contributed by atoms with van der Waals surface area (Å²) in [4.78, 5) is 0. The van der Waals surface area contributed by atoms with Crippen molar-refractivity contribution >= 4 is 0 Å². The second kappa shape index (κ2) is 13.9. The molecule has 0 radical (unpaired) electrons. The predicted molar refractivity (Wildman–Crippen MR) is 71.4 cm³/mol. The standard InChI is InChI=1S/C14H30O3/c1-4-5-8-15-10-12-17-13-11-16-9-6-7-14(2)3/h14H,4-13H2,1-3H3. The molecule has 0 aromatic rings. The molecule has 0 bridgehead atoms. The van der Waals surface area contributed by atoms with Gasteiger partial charge in [0, 0.05) is 13.2 Å². The number of ether oxygens (including phenoxy) is 3. The summed E-state index contributed by atoms with van der Waals surface area (Å²) in [7, 11) is 0. The fourth-order valence-corrected chi connectivity index (χ4v) is 1.38. The maximum atomic E-state index is 5.46. The molecule has 0 aliphatic carbocycles. The van der Waals surface area contributed by atoms with Gasteiger partial charge in [-0.05, 0) is 25.2 Å². The summed E-state index contributed by atoms with van der Waals surface area (Å²) in [6.07, 6.45) is 4.72. The number of hydrogen-bond donors (Lipinski definition) is 0. The predicted octanol–water partition coefficient (Wildman–Crippen LogP) is 3.27. The molecule has 0 saturated carbocycles. The topological polar surface area (TPSA) is 27.7 Å². The fraction of sp³-hybridized carbons (Fsp3) is 1.00. The van der Waals surface area contributed by atoms with Gasteiger partial charge in [-0.15, -0.1) is 0 Å². The zero-order chi connectivity index (χ0) is 12.8. The van der Waals surface area contributed by atoms with Crippen molar-refractivity contribution in [2.75, 3.05) is 39.6 Å². The molecule has 0 heterocycles. The van der Waals surface area contributed by atoms with Gasteiger partial charge >= 0.3 is 0 Å². The lowest BCUT2D eigenvalue weighted by molar-refractivity contribution is 0.0131. The van der Waals surface area contributed by atoms with Crippen LogP contribution in [0.3, 0.4) is 0 Å². The van der Waals surface area contributed by atoms with Crippen LogP contribution < -0.4 is 0 Å². The molecule has 0 aromatic carbocycles. The first-order valence-electron chi connectivity index (χ1n) is 7.00. The van der Waals surface area contributed by atoms with Crippen LogP contribution in [0.1, 0.15) is 46.5 Å². The molecule has 0 rings (SSSR count). The van der Waals surface area contributed by atoms with Crippen molar-refractivity contribution < 1.29 is 14.2 Å². The highest BCUT2D eigenvalue weighted by Gasteiger charge is 1.94. The lowest BCUT2D eigenvalue weighted by Gasteiger charge is -2.07. The zero-order valence-electron chi connectivity index (χ0n) is 11.9. The number of rotatable bonds is 13. The van der Waals surface area contributed by atoms with Crippen LogP contribution in [0.2, 0.25) is 0 Å². The van der Waals surface area contributed by atoms with Crippen LogP contribution in [0.15, 0.2) is 0 Å². The summed E-state index contributed by atoms with van der Waals surface area (Å²) in [5.41, 5.74) is 0. The van der Waals surface area contributed by atoms with E-state index in [0.29, 0.717) is 26.4 Å². The first-order chi connectivity index (χ1) is 8.27. The summed E-state index contributed by atoms with van der Waals surface area (Å²) in [6.45, 7) is 11.1. The van der Waals surface area contributed by atoms with Crippen LogP contribution in [-0.2, 0) is 14.2 Å². The Morgan fingerprint density at radius 2 is 1.18 bits per heavy atom. The minimum Gasteiger partial charge on any atom is -0.379 e. The van der Waals surface area contributed by atoms with Crippen molar-refractivity contribution in [2.24, 2.45) is 5.92 Å². The number of unbranched alkanes of at least 4 members (excludes halogenated alkanes) is 1. The first kappa shape index (κ1) is 16.9. The van der Waals surface area contributed by atoms with E-state index in [1.165, 1.54) is 12.8 Å². The van der Waals surface area contributed by atoms with Gasteiger partial charge in [-0.25, -0.2) is 0 Å². The van der Waals surface area contributed by atoms with E-state index in [1.807, 2.05) is 0 Å². The molecule has 0 saturated heterocycles. The van der Waals surface area contributed by atoms with E-state index in [0.717, 1.165) is 32.0 Å². The molecule has 0 aromatic heterocycles. The van der Waals surface area contributed by atoms with E-state index >= 15 is 0 Å². The van der Waals surface area contributed by atoms with Gasteiger partial charge in [-0.3, -0.25) is 0 Å². The first-order valence-corrected chi connectivity index (χ1v) is 7.00. The molecular formula is C14H30O3. The smallest absolute Gasteiger partial charge is 0.0701 e. The fourth-order valence-electron chi connectivity index (χ4n) is 1.38. The third-order valence-corrected chi connectivity index (χ3v) is 2.46. The van der Waals surface area contributed by atoms with Gasteiger partial charge in [0.05, 0.1) is 26.4 Å². The van der Waals surface area contributed by atoms with E-state index in [-0.39, 0.29) is 0 Å². The molecule has 104 valence electrons. The normalized spacial score (nSPS) is 11.3. The highest BCUT2D eigenvalue weighted by molar-refractivity contribution is 4.44. The lowest BCUT2D eigenvalue weighted by atomic mass is 10.1. The van der Waals surface area contributed by atoms with Crippen molar-refractivity contribution in [1.82, 2.24) is 0 Å². The minimum absolute atomic E-state index is 0.679. The third-order valence-electron chi connectivity index (χ3n) is 2.46. The Labute approximate surface area is 107 Å². The second-order valence-electron chi connectivity index (χ2n) is 4.73. The molecule has 3 heteroatoms. The van der Waals surface area contributed by atoms with Gasteiger partial charge in [-0.1, -0.05) is 27.2 Å². The van der Waals surface area contributed by atoms with Crippen molar-refractivity contribution in [2.45, 2.75) is 46.5 Å². The maximum Gasteiger partial charge on any atom is 0.0701 e. The van der Waals surface area contributed by atoms with E-state index in [4.69, 9.17) is 14.2 Å². The van der Waals surface area contributed by atoms with Gasteiger partial charge in [0.2, 0.25) is 0 Å². The molecule has 0 aliphatic rings. The second-order valence-corrected chi connectivity index (χ2v) is 4.73. The third kappa shape index (κ3) is 15.9. The monoisotopic (exact) mass is 246 g/mol. The largest absolute Gasteiger partial charge is 0.379 e. The summed E-state index contributed by atoms with van der Waals surface area (Å²) in [6, 6.07) is 0. The van der Waals surface area contributed by atoms with E-state index in [2.05, 4.69) is 20.8 Å². The van der Waals surface area contributed by atoms with E-state index < -0.39 is 0 Å². The van der Waals surface area contributed by atoms with Gasteiger partial charge < -0.3 is 14.2 Å². The minimum atomic E-state index is 0.679. The van der Waals surface area contributed by atoms with E-state index in [9.17, 15) is 0 Å². The highest BCUT2D eigenvalue weighted by Crippen LogP contribution is 2.02. The maximum absolute atomic E-state index is 5.46. The highest BCUT2D eigenvalue weighted by atomic mass is 16.5. The molecular weight excluding hydrogens is 216 g/mol. The van der Waals surface area contributed by atoms with Crippen LogP contribution in [-0.4, -0.2) is 39.6 Å². The Morgan fingerprint density at radius 1 is 0.706 bits per heavy atom. The Kier molecular flexibility index (Phi) is 13.8. The van der Waals surface area contributed by atoms with E-state index in [1.54, 1.807) is 0 Å². The summed E-state index contributed by atoms with van der Waals surface area (Å²) in [5.74, 6) is 0.773. The SMILES string of the molecule is CCCCOCCOCCOCCCC(C)C. The molecule has 17 heavy (non-hydrogen) atoms. The van der Waals surface area contributed by atoms with Crippen molar-refractivity contribution in [3.8, 4) is 0 Å². The Bertz CT molecular complexity index is 137. The average Bonchev–Trinajstić information content (AvgIpc) is 2.30. The quantitative estimate of drug-likeness (QED) is 0.467. The van der Waals surface area contributed by atoms with Gasteiger partial charge in [0.1, 0.15) is 0 Å². The molecule has 0 atom stereocenters. The Hall–Kier alpha value is -0.120. The Balaban J connectivity index is 2.89.